The van der Waals surface area contributed by atoms with E-state index in [1.165, 1.54) is 27.8 Å². The van der Waals surface area contributed by atoms with Crippen LogP contribution >= 0.6 is 0 Å². The van der Waals surface area contributed by atoms with Crippen LogP contribution in [0.3, 0.4) is 0 Å². The number of hydrogen-bond donors (Lipinski definition) is 0. The Bertz CT molecular complexity index is 3690. The average molecular weight is 923 g/mol. The quantitative estimate of drug-likeness (QED) is 0.0957. The van der Waals surface area contributed by atoms with E-state index >= 15 is 0 Å². The summed E-state index contributed by atoms with van der Waals surface area (Å²) >= 11 is 0. The molecule has 0 radical (unpaired) electrons. The number of para-hydroxylation sites is 1. The Morgan fingerprint density at radius 1 is 0.451 bits per heavy atom. The second-order valence-electron chi connectivity index (χ2n) is 20.8. The van der Waals surface area contributed by atoms with E-state index in [-0.39, 0.29) is 16.2 Å². The summed E-state index contributed by atoms with van der Waals surface area (Å²) in [5.74, 6) is 2.30. The number of aromatic nitrogens is 4. The predicted molar refractivity (Wildman–Crippen MR) is 291 cm³/mol. The highest BCUT2D eigenvalue weighted by Crippen LogP contribution is 2.40. The summed E-state index contributed by atoms with van der Waals surface area (Å²) in [6.45, 7) is 16.1. The standard InChI is InChI=1S/C66H58N4O/c1-64(2,3)52-38-53(66(6,7)50-28-18-11-19-29-50)40-55(39-52)69-45-68(44-62(69)47-24-14-9-15-25-47)54-36-48(46-22-12-8-13-23-46)37-57(42-54)71-56-32-33-59-58-30-20-21-31-60(58)70(61(59)43-56)63-41-51(34-35-67-63)65(4,5)49-26-16-10-17-27-49/h8-44H,1-7H3. The largest absolute Gasteiger partial charge is 0.458 e. The van der Waals surface area contributed by atoms with Crippen molar-refractivity contribution in [2.75, 3.05) is 0 Å². The van der Waals surface area contributed by atoms with Gasteiger partial charge in [0.05, 0.1) is 28.1 Å². The molecule has 0 aliphatic rings. The normalized spacial score (nSPS) is 12.2. The van der Waals surface area contributed by atoms with Crippen molar-refractivity contribution < 1.29 is 9.30 Å². The van der Waals surface area contributed by atoms with Gasteiger partial charge in [-0.25, -0.2) is 4.98 Å². The molecule has 11 aromatic rings. The number of nitrogens with zero attached hydrogens (tertiary/aromatic N) is 4. The molecule has 3 heterocycles. The van der Waals surface area contributed by atoms with E-state index in [0.717, 1.165) is 67.1 Å². The highest BCUT2D eigenvalue weighted by Gasteiger charge is 2.28. The van der Waals surface area contributed by atoms with Gasteiger partial charge in [0.2, 0.25) is 0 Å². The van der Waals surface area contributed by atoms with Gasteiger partial charge < -0.3 is 4.74 Å². The van der Waals surface area contributed by atoms with E-state index in [1.807, 2.05) is 6.20 Å². The minimum absolute atomic E-state index is 0.0962. The number of hydrogen-bond acceptors (Lipinski definition) is 2. The Labute approximate surface area is 418 Å². The molecular weight excluding hydrogens is 865 g/mol. The van der Waals surface area contributed by atoms with Crippen LogP contribution < -0.4 is 9.30 Å². The van der Waals surface area contributed by atoms with E-state index in [2.05, 4.69) is 287 Å². The van der Waals surface area contributed by atoms with Crippen LogP contribution in [0, 0.1) is 6.33 Å². The predicted octanol–water partition coefficient (Wildman–Crippen LogP) is 16.1. The second-order valence-corrected chi connectivity index (χ2v) is 20.8. The van der Waals surface area contributed by atoms with Gasteiger partial charge in [0.25, 0.3) is 6.33 Å². The third-order valence-electron chi connectivity index (χ3n) is 14.4. The molecule has 0 bridgehead atoms. The number of imidazole rings is 1. The smallest absolute Gasteiger partial charge is 0.269 e. The number of fused-ring (bicyclic) bond motifs is 3. The summed E-state index contributed by atoms with van der Waals surface area (Å²) in [7, 11) is 0. The molecule has 0 spiro atoms. The third kappa shape index (κ3) is 8.63. The van der Waals surface area contributed by atoms with Crippen LogP contribution in [0.25, 0.3) is 61.4 Å². The van der Waals surface area contributed by atoms with Crippen molar-refractivity contribution in [2.24, 2.45) is 0 Å². The van der Waals surface area contributed by atoms with Crippen molar-refractivity contribution in [3.8, 4) is 51.1 Å². The maximum absolute atomic E-state index is 7.02. The summed E-state index contributed by atoms with van der Waals surface area (Å²) in [5, 5.41) is 2.29. The fourth-order valence-corrected chi connectivity index (χ4v) is 9.99. The van der Waals surface area contributed by atoms with Gasteiger partial charge in [-0.15, -0.1) is 0 Å². The SMILES string of the molecule is CC(C)(C)c1cc(-[n+]2[c-]n(-c3cc(Oc4ccc5c6ccccc6n(-c6cc(C(C)(C)c7ccccc7)ccn6)c5c4)cc(-c4ccccc4)c3)cc2-c2ccccc2)cc(C(C)(C)c2ccccc2)c1. The lowest BCUT2D eigenvalue weighted by atomic mass is 9.75. The molecule has 0 amide bonds. The van der Waals surface area contributed by atoms with Crippen molar-refractivity contribution in [1.82, 2.24) is 14.1 Å². The van der Waals surface area contributed by atoms with E-state index in [1.54, 1.807) is 0 Å². The number of ether oxygens (including phenoxy) is 1. The van der Waals surface area contributed by atoms with Gasteiger partial charge >= 0.3 is 0 Å². The molecule has 3 aromatic heterocycles. The molecule has 5 nitrogen and oxygen atoms in total. The molecule has 0 saturated carbocycles. The second kappa shape index (κ2) is 17.9. The van der Waals surface area contributed by atoms with E-state index in [0.29, 0.717) is 5.75 Å². The Hall–Kier alpha value is -8.28. The minimum atomic E-state index is -0.249. The summed E-state index contributed by atoms with van der Waals surface area (Å²) in [6.07, 6.45) is 7.97. The van der Waals surface area contributed by atoms with Gasteiger partial charge in [-0.1, -0.05) is 194 Å². The van der Waals surface area contributed by atoms with Crippen LogP contribution in [0.1, 0.15) is 76.3 Å². The molecule has 348 valence electrons. The van der Waals surface area contributed by atoms with E-state index < -0.39 is 0 Å². The van der Waals surface area contributed by atoms with Crippen LogP contribution in [0.2, 0.25) is 0 Å². The molecule has 0 N–H and O–H groups in total. The molecule has 11 rings (SSSR count). The van der Waals surface area contributed by atoms with Gasteiger partial charge in [-0.2, -0.15) is 0 Å². The summed E-state index contributed by atoms with van der Waals surface area (Å²) in [5.41, 5.74) is 14.0. The Balaban J connectivity index is 1.05. The van der Waals surface area contributed by atoms with Crippen molar-refractivity contribution in [2.45, 2.75) is 64.7 Å². The lowest BCUT2D eigenvalue weighted by molar-refractivity contribution is -0.588. The zero-order valence-electron chi connectivity index (χ0n) is 41.6. The number of pyridine rings is 1. The summed E-state index contributed by atoms with van der Waals surface area (Å²) in [6, 6.07) is 75.5. The Kier molecular flexibility index (Phi) is 11.4. The maximum atomic E-state index is 7.02. The van der Waals surface area contributed by atoms with Crippen molar-refractivity contribution in [3.05, 3.63) is 259 Å². The molecule has 0 unspecified atom stereocenters. The van der Waals surface area contributed by atoms with Crippen molar-refractivity contribution >= 4 is 21.8 Å². The van der Waals surface area contributed by atoms with Gasteiger partial charge in [-0.3, -0.25) is 13.7 Å². The first-order valence-corrected chi connectivity index (χ1v) is 24.6. The van der Waals surface area contributed by atoms with Crippen LogP contribution in [0.15, 0.2) is 225 Å². The zero-order chi connectivity index (χ0) is 48.9. The molecule has 5 heteroatoms. The average Bonchev–Trinajstić information content (AvgIpc) is 4.00. The fourth-order valence-electron chi connectivity index (χ4n) is 9.99. The minimum Gasteiger partial charge on any atom is -0.458 e. The molecule has 8 aromatic carbocycles. The molecule has 0 saturated heterocycles. The van der Waals surface area contributed by atoms with Crippen LogP contribution in [0.5, 0.6) is 11.5 Å². The van der Waals surface area contributed by atoms with E-state index in [4.69, 9.17) is 9.72 Å². The lowest BCUT2D eigenvalue weighted by Gasteiger charge is -2.30. The highest BCUT2D eigenvalue weighted by molar-refractivity contribution is 6.09. The lowest BCUT2D eigenvalue weighted by Crippen LogP contribution is -2.33. The van der Waals surface area contributed by atoms with Gasteiger partial charge in [0, 0.05) is 40.1 Å². The molecule has 71 heavy (non-hydrogen) atoms. The van der Waals surface area contributed by atoms with Gasteiger partial charge in [0.1, 0.15) is 17.3 Å². The van der Waals surface area contributed by atoms with E-state index in [9.17, 15) is 0 Å². The van der Waals surface area contributed by atoms with Crippen LogP contribution in [-0.4, -0.2) is 14.1 Å². The molecule has 0 aliphatic heterocycles. The molecule has 0 atom stereocenters. The van der Waals surface area contributed by atoms with Crippen molar-refractivity contribution in [1.29, 1.82) is 0 Å². The Morgan fingerprint density at radius 3 is 1.72 bits per heavy atom. The zero-order valence-corrected chi connectivity index (χ0v) is 41.6. The first-order chi connectivity index (χ1) is 34.3. The molecule has 0 fully saturated rings. The highest BCUT2D eigenvalue weighted by atomic mass is 16.5. The number of rotatable bonds is 11. The molecule has 0 aliphatic carbocycles. The maximum Gasteiger partial charge on any atom is 0.269 e. The Morgan fingerprint density at radius 2 is 1.04 bits per heavy atom. The monoisotopic (exact) mass is 922 g/mol. The van der Waals surface area contributed by atoms with Crippen LogP contribution in [-0.2, 0) is 16.2 Å². The third-order valence-corrected chi connectivity index (χ3v) is 14.4. The first-order valence-electron chi connectivity index (χ1n) is 24.6. The summed E-state index contributed by atoms with van der Waals surface area (Å²) in [4.78, 5) is 5.01. The van der Waals surface area contributed by atoms with Crippen molar-refractivity contribution in [3.63, 3.8) is 0 Å². The van der Waals surface area contributed by atoms with Crippen LogP contribution in [0.4, 0.5) is 0 Å². The van der Waals surface area contributed by atoms with Gasteiger partial charge in [-0.05, 0) is 111 Å². The first kappa shape index (κ1) is 45.2. The van der Waals surface area contributed by atoms with Gasteiger partial charge in [0.15, 0.2) is 0 Å². The summed E-state index contributed by atoms with van der Waals surface area (Å²) < 4.78 is 13.6. The molecular formula is C66H58N4O. The fraction of sp³-hybridized carbons (Fsp3) is 0.152. The topological polar surface area (TPSA) is 35.9 Å². The number of benzene rings is 8.